The van der Waals surface area contributed by atoms with Gasteiger partial charge in [-0.05, 0) is 107 Å². The molecule has 12 heteroatoms. The van der Waals surface area contributed by atoms with Crippen LogP contribution in [0.25, 0.3) is 220 Å². The zero-order chi connectivity index (χ0) is 66.7. The number of aromatic nitrogens is 8. The molecule has 0 unspecified atom stereocenters. The van der Waals surface area contributed by atoms with Crippen molar-refractivity contribution in [2.24, 2.45) is 0 Å². The number of furan rings is 3. The smallest absolute Gasteiger partial charge is 0.238 e. The van der Waals surface area contributed by atoms with E-state index in [0.717, 1.165) is 165 Å². The highest BCUT2D eigenvalue weighted by atomic mass is 32.1. The molecule has 102 heavy (non-hydrogen) atoms. The maximum absolute atomic E-state index is 6.97. The summed E-state index contributed by atoms with van der Waals surface area (Å²) in [7, 11) is 0. The van der Waals surface area contributed by atoms with Crippen molar-refractivity contribution >= 4 is 141 Å². The van der Waals surface area contributed by atoms with Gasteiger partial charge in [-0.2, -0.15) is 19.9 Å². The van der Waals surface area contributed by atoms with E-state index in [2.05, 4.69) is 258 Å². The average Bonchev–Trinajstić information content (AvgIpc) is 1.58. The van der Waals surface area contributed by atoms with Crippen LogP contribution >= 0.6 is 11.3 Å². The molecule has 0 spiro atoms. The van der Waals surface area contributed by atoms with Crippen LogP contribution in [0.3, 0.4) is 0 Å². The minimum atomic E-state index is 0.502. The molecule has 0 aliphatic carbocycles. The van der Waals surface area contributed by atoms with Crippen LogP contribution in [0.4, 0.5) is 0 Å². The van der Waals surface area contributed by atoms with Crippen molar-refractivity contribution in [1.29, 1.82) is 0 Å². The number of para-hydroxylation sites is 6. The fourth-order valence-electron chi connectivity index (χ4n) is 15.6. The van der Waals surface area contributed by atoms with Gasteiger partial charge >= 0.3 is 0 Å². The second-order valence-corrected chi connectivity index (χ2v) is 27.1. The second kappa shape index (κ2) is 21.9. The van der Waals surface area contributed by atoms with E-state index < -0.39 is 0 Å². The van der Waals surface area contributed by atoms with Gasteiger partial charge in [0.25, 0.3) is 0 Å². The molecule has 8 aromatic heterocycles. The van der Waals surface area contributed by atoms with Crippen molar-refractivity contribution in [3.8, 4) is 90.8 Å². The Bertz CT molecular complexity index is 7230. The summed E-state index contributed by atoms with van der Waals surface area (Å²) < 4.78 is 27.1. The van der Waals surface area contributed by atoms with Crippen LogP contribution in [0.1, 0.15) is 0 Å². The number of fused-ring (bicyclic) bond motifs is 18. The number of nitrogens with zero attached hydrogens (tertiary/aromatic N) is 8. The van der Waals surface area contributed by atoms with Crippen LogP contribution in [0.2, 0.25) is 0 Å². The molecule has 0 saturated heterocycles. The van der Waals surface area contributed by atoms with E-state index in [1.807, 2.05) is 65.9 Å². The van der Waals surface area contributed by atoms with Gasteiger partial charge in [0, 0.05) is 107 Å². The van der Waals surface area contributed by atoms with E-state index in [-0.39, 0.29) is 0 Å². The van der Waals surface area contributed by atoms with Crippen LogP contribution < -0.4 is 0 Å². The summed E-state index contributed by atoms with van der Waals surface area (Å²) in [5.74, 6) is 3.14. The Kier molecular flexibility index (Phi) is 12.1. The number of hydrogen-bond donors (Lipinski definition) is 0. The van der Waals surface area contributed by atoms with Crippen LogP contribution in [0, 0.1) is 0 Å². The van der Waals surface area contributed by atoms with E-state index in [1.54, 1.807) is 0 Å². The summed E-state index contributed by atoms with van der Waals surface area (Å²) in [5, 5.41) is 13.1. The van der Waals surface area contributed by atoms with Crippen molar-refractivity contribution in [2.75, 3.05) is 0 Å². The van der Waals surface area contributed by atoms with Crippen molar-refractivity contribution in [3.63, 3.8) is 0 Å². The number of benzene rings is 14. The number of rotatable bonds is 9. The molecule has 0 saturated carbocycles. The maximum atomic E-state index is 6.97. The fourth-order valence-corrected chi connectivity index (χ4v) is 16.6. The van der Waals surface area contributed by atoms with Gasteiger partial charge in [-0.15, -0.1) is 11.3 Å². The molecule has 474 valence electrons. The normalized spacial score (nSPS) is 12.1. The van der Waals surface area contributed by atoms with Gasteiger partial charge in [-0.25, -0.2) is 9.97 Å². The quantitative estimate of drug-likeness (QED) is 0.139. The predicted molar refractivity (Wildman–Crippen MR) is 415 cm³/mol. The van der Waals surface area contributed by atoms with Gasteiger partial charge in [-0.3, -0.25) is 9.13 Å². The van der Waals surface area contributed by atoms with Crippen molar-refractivity contribution in [2.45, 2.75) is 0 Å². The lowest BCUT2D eigenvalue weighted by atomic mass is 9.97. The number of hydrogen-bond acceptors (Lipinski definition) is 10. The molecule has 11 nitrogen and oxygen atoms in total. The maximum Gasteiger partial charge on any atom is 0.238 e. The lowest BCUT2D eigenvalue weighted by Gasteiger charge is -2.12. The van der Waals surface area contributed by atoms with Crippen LogP contribution in [0.5, 0.6) is 0 Å². The van der Waals surface area contributed by atoms with E-state index in [0.29, 0.717) is 35.2 Å². The standard InChI is InChI=1S/C90H50N8O3S/c1-2-17-52(18-3-1)85-91-87(56-39-43-62-66-26-14-24-58(83(66)100-78(62)49-56)55-42-46-81-71(48-55)64-22-8-13-34-80(64)102-81)96-90(93-85)98-74-31-11-6-21-61(74)70-47-54(41-45-75(70)98)51-35-37-53(38-36-51)86-92-88(95-89(94-86)97-72-29-9-4-19-59(72)60-20-5-10-30-73(60)97)57-40-44-63-67-27-15-28-68(84(67)101-79(63)50-57)65-25-16-33-77-82(65)69-23-7-12-32-76(69)99-77/h1-50H. The zero-order valence-corrected chi connectivity index (χ0v) is 54.9. The third-order valence-corrected chi connectivity index (χ3v) is 21.5. The largest absolute Gasteiger partial charge is 0.456 e. The Balaban J connectivity index is 0.642. The van der Waals surface area contributed by atoms with E-state index in [4.69, 9.17) is 43.2 Å². The minimum Gasteiger partial charge on any atom is -0.456 e. The summed E-state index contributed by atoms with van der Waals surface area (Å²) >= 11 is 1.82. The lowest BCUT2D eigenvalue weighted by molar-refractivity contribution is 0.668. The van der Waals surface area contributed by atoms with Crippen molar-refractivity contribution in [1.82, 2.24) is 39.0 Å². The molecule has 22 rings (SSSR count). The van der Waals surface area contributed by atoms with Gasteiger partial charge in [0.2, 0.25) is 11.9 Å². The van der Waals surface area contributed by atoms with Gasteiger partial charge in [0.15, 0.2) is 23.3 Å². The molecular weight excluding hydrogens is 1270 g/mol. The Morgan fingerprint density at radius 1 is 0.225 bits per heavy atom. The SMILES string of the molecule is c1ccc(-c2nc(-c3ccc4c(c3)oc3c(-c5ccc6sc7ccccc7c6c5)cccc34)nc(-n3c4ccccc4c4cc(-c5ccc(-c6nc(-c7ccc8c(c7)oc7c(-c9cccc%10oc%11ccccc%11c9%10)cccc78)nc(-n7c8ccccc8c8ccccc87)n6)cc5)ccc43)n2)cc1. The highest BCUT2D eigenvalue weighted by Gasteiger charge is 2.24. The molecule has 0 aliphatic heterocycles. The lowest BCUT2D eigenvalue weighted by Crippen LogP contribution is -2.06. The summed E-state index contributed by atoms with van der Waals surface area (Å²) in [5.41, 5.74) is 18.3. The third kappa shape index (κ3) is 8.66. The Morgan fingerprint density at radius 3 is 1.32 bits per heavy atom. The highest BCUT2D eigenvalue weighted by Crippen LogP contribution is 2.46. The van der Waals surface area contributed by atoms with Crippen molar-refractivity contribution < 1.29 is 13.3 Å². The molecule has 0 aliphatic rings. The monoisotopic (exact) mass is 1320 g/mol. The molecule has 0 radical (unpaired) electrons. The zero-order valence-electron chi connectivity index (χ0n) is 54.1. The average molecular weight is 1320 g/mol. The minimum absolute atomic E-state index is 0.502. The first-order valence-corrected chi connectivity index (χ1v) is 34.8. The van der Waals surface area contributed by atoms with Gasteiger partial charge in [0.1, 0.15) is 33.5 Å². The summed E-state index contributed by atoms with van der Waals surface area (Å²) in [6.07, 6.45) is 0. The molecule has 0 N–H and O–H groups in total. The van der Waals surface area contributed by atoms with Gasteiger partial charge in [0.05, 0.1) is 22.1 Å². The third-order valence-electron chi connectivity index (χ3n) is 20.3. The molecule has 8 heterocycles. The molecule has 0 bridgehead atoms. The summed E-state index contributed by atoms with van der Waals surface area (Å²) in [6, 6.07) is 106. The topological polar surface area (TPSA) is 127 Å². The van der Waals surface area contributed by atoms with Gasteiger partial charge in [-0.1, -0.05) is 218 Å². The van der Waals surface area contributed by atoms with E-state index in [1.165, 1.54) is 20.2 Å². The molecule has 22 aromatic rings. The second-order valence-electron chi connectivity index (χ2n) is 26.0. The van der Waals surface area contributed by atoms with Crippen LogP contribution in [-0.2, 0) is 0 Å². The number of thiophene rings is 1. The fraction of sp³-hybridized carbons (Fsp3) is 0. The Morgan fingerprint density at radius 2 is 0.667 bits per heavy atom. The first-order chi connectivity index (χ1) is 50.5. The van der Waals surface area contributed by atoms with Crippen molar-refractivity contribution in [3.05, 3.63) is 303 Å². The van der Waals surface area contributed by atoms with Crippen LogP contribution in [-0.4, -0.2) is 39.0 Å². The van der Waals surface area contributed by atoms with Gasteiger partial charge < -0.3 is 13.3 Å². The molecular formula is C90H50N8O3S. The molecule has 0 fully saturated rings. The predicted octanol–water partition coefficient (Wildman–Crippen LogP) is 24.0. The Labute approximate surface area is 583 Å². The first-order valence-electron chi connectivity index (χ1n) is 34.0. The van der Waals surface area contributed by atoms with Crippen LogP contribution in [0.15, 0.2) is 317 Å². The Hall–Kier alpha value is -13.7. The van der Waals surface area contributed by atoms with E-state index >= 15 is 0 Å². The van der Waals surface area contributed by atoms with E-state index in [9.17, 15) is 0 Å². The highest BCUT2D eigenvalue weighted by molar-refractivity contribution is 7.25. The summed E-state index contributed by atoms with van der Waals surface area (Å²) in [6.45, 7) is 0. The first kappa shape index (κ1) is 56.3. The molecule has 0 amide bonds. The molecule has 0 atom stereocenters. The molecule has 14 aromatic carbocycles. The summed E-state index contributed by atoms with van der Waals surface area (Å²) in [4.78, 5) is 31.9.